The molecule has 37 heavy (non-hydrogen) atoms. The Morgan fingerprint density at radius 2 is 1.78 bits per heavy atom. The molecule has 1 N–H and O–H groups in total. The number of pyridine rings is 1. The average Bonchev–Trinajstić information content (AvgIpc) is 2.87. The molecule has 4 rings (SSSR count). The van der Waals surface area contributed by atoms with Crippen LogP contribution in [0.2, 0.25) is 0 Å². The summed E-state index contributed by atoms with van der Waals surface area (Å²) in [7, 11) is 0. The summed E-state index contributed by atoms with van der Waals surface area (Å²) in [5.74, 6) is 1.30. The van der Waals surface area contributed by atoms with Crippen molar-refractivity contribution in [3.05, 3.63) is 83.3 Å². The molecule has 0 atom stereocenters. The van der Waals surface area contributed by atoms with Gasteiger partial charge in [-0.05, 0) is 69.1 Å². The standard InChI is InChI=1S/C29H32F3N5/c1-5-37(19(2)3)18-26-35-25-17-22(27-24(29(30,31)32)11-8-15-33-27)12-13-23(25)28(36-26)34-16-14-21-10-7-6-9-20(21)4/h6-13,15,17,19H,5,14,16,18H2,1-4H3,(H,34,35,36). The summed E-state index contributed by atoms with van der Waals surface area (Å²) in [6, 6.07) is 16.0. The Morgan fingerprint density at radius 1 is 1.00 bits per heavy atom. The molecule has 0 fully saturated rings. The second kappa shape index (κ2) is 11.3. The Kier molecular flexibility index (Phi) is 8.07. The number of benzene rings is 2. The smallest absolute Gasteiger partial charge is 0.369 e. The SMILES string of the molecule is CCN(Cc1nc(NCCc2ccccc2C)c2ccc(-c3ncccc3C(F)(F)F)cc2n1)C(C)C. The van der Waals surface area contributed by atoms with E-state index >= 15 is 0 Å². The molecule has 0 spiro atoms. The van der Waals surface area contributed by atoms with Gasteiger partial charge >= 0.3 is 6.18 Å². The molecule has 0 saturated heterocycles. The molecule has 0 aliphatic heterocycles. The summed E-state index contributed by atoms with van der Waals surface area (Å²) >= 11 is 0. The number of hydrogen-bond donors (Lipinski definition) is 1. The molecule has 2 aromatic carbocycles. The number of anilines is 1. The summed E-state index contributed by atoms with van der Waals surface area (Å²) in [5.41, 5.74) is 2.56. The fourth-order valence-electron chi connectivity index (χ4n) is 4.44. The highest BCUT2D eigenvalue weighted by atomic mass is 19.4. The average molecular weight is 508 g/mol. The Hall–Kier alpha value is -3.52. The monoisotopic (exact) mass is 507 g/mol. The number of nitrogens with zero attached hydrogens (tertiary/aromatic N) is 4. The highest BCUT2D eigenvalue weighted by molar-refractivity contribution is 5.92. The Morgan fingerprint density at radius 3 is 2.49 bits per heavy atom. The van der Waals surface area contributed by atoms with Crippen molar-refractivity contribution in [1.82, 2.24) is 19.9 Å². The van der Waals surface area contributed by atoms with Crippen molar-refractivity contribution in [1.29, 1.82) is 0 Å². The maximum atomic E-state index is 13.7. The van der Waals surface area contributed by atoms with Gasteiger partial charge in [-0.15, -0.1) is 0 Å². The number of fused-ring (bicyclic) bond motifs is 1. The van der Waals surface area contributed by atoms with Gasteiger partial charge in [0.15, 0.2) is 0 Å². The van der Waals surface area contributed by atoms with E-state index in [1.54, 1.807) is 18.2 Å². The topological polar surface area (TPSA) is 53.9 Å². The maximum absolute atomic E-state index is 13.7. The van der Waals surface area contributed by atoms with Crippen LogP contribution in [0, 0.1) is 6.92 Å². The zero-order chi connectivity index (χ0) is 26.6. The summed E-state index contributed by atoms with van der Waals surface area (Å²) < 4.78 is 41.0. The first-order valence-corrected chi connectivity index (χ1v) is 12.5. The summed E-state index contributed by atoms with van der Waals surface area (Å²) in [4.78, 5) is 15.9. The lowest BCUT2D eigenvalue weighted by molar-refractivity contribution is -0.137. The van der Waals surface area contributed by atoms with Gasteiger partial charge in [0.2, 0.25) is 0 Å². The molecule has 8 heteroatoms. The molecule has 0 bridgehead atoms. The minimum absolute atomic E-state index is 0.108. The summed E-state index contributed by atoms with van der Waals surface area (Å²) in [5, 5.41) is 4.21. The van der Waals surface area contributed by atoms with Gasteiger partial charge in [0, 0.05) is 29.7 Å². The van der Waals surface area contributed by atoms with E-state index in [0.717, 1.165) is 24.4 Å². The molecule has 0 saturated carbocycles. The van der Waals surface area contributed by atoms with Gasteiger partial charge in [-0.3, -0.25) is 9.88 Å². The molecule has 2 aromatic heterocycles. The molecular weight excluding hydrogens is 475 g/mol. The van der Waals surface area contributed by atoms with E-state index < -0.39 is 11.7 Å². The third-order valence-corrected chi connectivity index (χ3v) is 6.56. The van der Waals surface area contributed by atoms with Crippen LogP contribution in [0.5, 0.6) is 0 Å². The fourth-order valence-corrected chi connectivity index (χ4v) is 4.44. The van der Waals surface area contributed by atoms with Gasteiger partial charge in [-0.2, -0.15) is 13.2 Å². The van der Waals surface area contributed by atoms with E-state index in [1.807, 2.05) is 12.1 Å². The number of rotatable bonds is 9. The van der Waals surface area contributed by atoms with Gasteiger partial charge in [-0.1, -0.05) is 37.3 Å². The van der Waals surface area contributed by atoms with E-state index in [0.29, 0.717) is 41.9 Å². The molecule has 2 heterocycles. The van der Waals surface area contributed by atoms with Crippen LogP contribution in [0.25, 0.3) is 22.2 Å². The molecule has 0 amide bonds. The lowest BCUT2D eigenvalue weighted by Crippen LogP contribution is -2.30. The van der Waals surface area contributed by atoms with E-state index in [1.165, 1.54) is 23.4 Å². The number of aryl methyl sites for hydroxylation is 1. The second-order valence-electron chi connectivity index (χ2n) is 9.38. The fraction of sp³-hybridized carbons (Fsp3) is 0.345. The Bertz CT molecular complexity index is 1370. The second-order valence-corrected chi connectivity index (χ2v) is 9.38. The lowest BCUT2D eigenvalue weighted by atomic mass is 10.0. The highest BCUT2D eigenvalue weighted by Gasteiger charge is 2.34. The van der Waals surface area contributed by atoms with E-state index in [9.17, 15) is 13.2 Å². The summed E-state index contributed by atoms with van der Waals surface area (Å²) in [6.45, 7) is 10.4. The van der Waals surface area contributed by atoms with E-state index in [-0.39, 0.29) is 5.69 Å². The van der Waals surface area contributed by atoms with Crippen molar-refractivity contribution in [2.24, 2.45) is 0 Å². The van der Waals surface area contributed by atoms with Crippen molar-refractivity contribution >= 4 is 16.7 Å². The van der Waals surface area contributed by atoms with Crippen LogP contribution in [0.4, 0.5) is 19.0 Å². The van der Waals surface area contributed by atoms with E-state index in [4.69, 9.17) is 9.97 Å². The van der Waals surface area contributed by atoms with Crippen LogP contribution < -0.4 is 5.32 Å². The molecule has 194 valence electrons. The molecule has 0 aliphatic carbocycles. The normalized spacial score (nSPS) is 12.0. The van der Waals surface area contributed by atoms with Crippen LogP contribution in [-0.2, 0) is 19.1 Å². The number of hydrogen-bond acceptors (Lipinski definition) is 5. The largest absolute Gasteiger partial charge is 0.418 e. The lowest BCUT2D eigenvalue weighted by Gasteiger charge is -2.24. The van der Waals surface area contributed by atoms with Crippen molar-refractivity contribution in [3.63, 3.8) is 0 Å². The first kappa shape index (κ1) is 26.5. The third kappa shape index (κ3) is 6.25. The Labute approximate surface area is 215 Å². The number of alkyl halides is 3. The van der Waals surface area contributed by atoms with Crippen molar-refractivity contribution in [2.45, 2.75) is 52.9 Å². The first-order chi connectivity index (χ1) is 17.7. The predicted octanol–water partition coefficient (Wildman–Crippen LogP) is 6.90. The molecule has 0 unspecified atom stereocenters. The zero-order valence-corrected chi connectivity index (χ0v) is 21.6. The van der Waals surface area contributed by atoms with Crippen LogP contribution in [0.15, 0.2) is 60.8 Å². The van der Waals surface area contributed by atoms with Crippen molar-refractivity contribution < 1.29 is 13.2 Å². The van der Waals surface area contributed by atoms with Gasteiger partial charge in [0.05, 0.1) is 23.3 Å². The van der Waals surface area contributed by atoms with Crippen LogP contribution in [-0.4, -0.2) is 39.0 Å². The van der Waals surface area contributed by atoms with Gasteiger partial charge in [0.25, 0.3) is 0 Å². The quantitative estimate of drug-likeness (QED) is 0.267. The van der Waals surface area contributed by atoms with Crippen LogP contribution in [0.1, 0.15) is 43.3 Å². The molecule has 4 aromatic rings. The number of nitrogens with one attached hydrogen (secondary N) is 1. The number of halogens is 3. The van der Waals surface area contributed by atoms with Crippen LogP contribution in [0.3, 0.4) is 0 Å². The number of aromatic nitrogens is 3. The van der Waals surface area contributed by atoms with E-state index in [2.05, 4.69) is 55.0 Å². The van der Waals surface area contributed by atoms with Gasteiger partial charge in [0.1, 0.15) is 11.6 Å². The summed E-state index contributed by atoms with van der Waals surface area (Å²) in [6.07, 6.45) is -2.31. The molecule has 0 aliphatic rings. The van der Waals surface area contributed by atoms with Crippen LogP contribution >= 0.6 is 0 Å². The van der Waals surface area contributed by atoms with Gasteiger partial charge < -0.3 is 5.32 Å². The predicted molar refractivity (Wildman–Crippen MR) is 142 cm³/mol. The van der Waals surface area contributed by atoms with Gasteiger partial charge in [-0.25, -0.2) is 9.97 Å². The molecule has 0 radical (unpaired) electrons. The van der Waals surface area contributed by atoms with Crippen molar-refractivity contribution in [3.8, 4) is 11.3 Å². The third-order valence-electron chi connectivity index (χ3n) is 6.56. The Balaban J connectivity index is 1.74. The first-order valence-electron chi connectivity index (χ1n) is 12.5. The molecular formula is C29H32F3N5. The maximum Gasteiger partial charge on any atom is 0.418 e. The van der Waals surface area contributed by atoms with Crippen molar-refractivity contribution in [2.75, 3.05) is 18.4 Å². The highest BCUT2D eigenvalue weighted by Crippen LogP contribution is 2.36. The zero-order valence-electron chi connectivity index (χ0n) is 21.6. The minimum atomic E-state index is -4.50. The minimum Gasteiger partial charge on any atom is -0.369 e. The molecule has 5 nitrogen and oxygen atoms in total.